The van der Waals surface area contributed by atoms with Gasteiger partial charge in [0.2, 0.25) is 5.91 Å². The molecule has 0 radical (unpaired) electrons. The Morgan fingerprint density at radius 2 is 1.78 bits per heavy atom. The summed E-state index contributed by atoms with van der Waals surface area (Å²) in [4.78, 5) is 23.9. The van der Waals surface area contributed by atoms with Crippen molar-refractivity contribution in [1.29, 1.82) is 5.26 Å². The van der Waals surface area contributed by atoms with Crippen LogP contribution in [0.1, 0.15) is 16.8 Å². The number of nitrogens with zero attached hydrogens (tertiary/aromatic N) is 1. The van der Waals surface area contributed by atoms with E-state index < -0.39 is 5.91 Å². The minimum atomic E-state index is -0.435. The molecule has 0 heterocycles. The van der Waals surface area contributed by atoms with Crippen molar-refractivity contribution in [1.82, 2.24) is 0 Å². The molecular formula is C17H15N3O3. The summed E-state index contributed by atoms with van der Waals surface area (Å²) in [6, 6.07) is 15.3. The maximum Gasteiger partial charge on any atom is 0.255 e. The fourth-order valence-electron chi connectivity index (χ4n) is 1.93. The van der Waals surface area contributed by atoms with Crippen molar-refractivity contribution >= 4 is 23.2 Å². The van der Waals surface area contributed by atoms with E-state index in [0.717, 1.165) is 0 Å². The third kappa shape index (κ3) is 4.32. The molecule has 23 heavy (non-hydrogen) atoms. The first-order valence-electron chi connectivity index (χ1n) is 6.85. The highest BCUT2D eigenvalue weighted by atomic mass is 16.5. The van der Waals surface area contributed by atoms with Crippen molar-refractivity contribution in [2.45, 2.75) is 6.42 Å². The molecule has 0 unspecified atom stereocenters. The number of para-hydroxylation sites is 2. The molecule has 0 fully saturated rings. The van der Waals surface area contributed by atoms with E-state index in [1.807, 2.05) is 0 Å². The van der Waals surface area contributed by atoms with Crippen molar-refractivity contribution in [3.63, 3.8) is 0 Å². The van der Waals surface area contributed by atoms with Crippen molar-refractivity contribution in [2.75, 3.05) is 17.7 Å². The summed E-state index contributed by atoms with van der Waals surface area (Å²) < 4.78 is 5.09. The number of nitrogens with one attached hydrogen (secondary N) is 2. The molecule has 6 heteroatoms. The number of carbonyl (C=O) groups excluding carboxylic acids is 2. The van der Waals surface area contributed by atoms with Gasteiger partial charge in [0.25, 0.3) is 5.91 Å². The lowest BCUT2D eigenvalue weighted by molar-refractivity contribution is -0.115. The van der Waals surface area contributed by atoms with E-state index in [9.17, 15) is 9.59 Å². The average molecular weight is 309 g/mol. The summed E-state index contributed by atoms with van der Waals surface area (Å²) >= 11 is 0. The van der Waals surface area contributed by atoms with Gasteiger partial charge in [-0.05, 0) is 30.3 Å². The Bertz CT molecular complexity index is 766. The molecule has 2 amide bonds. The van der Waals surface area contributed by atoms with Crippen LogP contribution in [0.25, 0.3) is 0 Å². The number of anilines is 2. The van der Waals surface area contributed by atoms with Crippen LogP contribution < -0.4 is 15.4 Å². The fraction of sp³-hybridized carbons (Fsp3) is 0.118. The molecule has 2 aromatic carbocycles. The van der Waals surface area contributed by atoms with Gasteiger partial charge in [-0.15, -0.1) is 0 Å². The zero-order valence-corrected chi connectivity index (χ0v) is 12.5. The lowest BCUT2D eigenvalue weighted by Gasteiger charge is -2.12. The molecule has 0 bridgehead atoms. The molecule has 0 spiro atoms. The second kappa shape index (κ2) is 7.61. The Balaban J connectivity index is 2.17. The van der Waals surface area contributed by atoms with Gasteiger partial charge in [-0.2, -0.15) is 5.26 Å². The highest BCUT2D eigenvalue weighted by molar-refractivity contribution is 6.07. The molecule has 0 atom stereocenters. The van der Waals surface area contributed by atoms with Gasteiger partial charge < -0.3 is 15.4 Å². The molecule has 0 aliphatic heterocycles. The van der Waals surface area contributed by atoms with Crippen LogP contribution in [0.15, 0.2) is 48.5 Å². The number of ether oxygens (including phenoxy) is 1. The van der Waals surface area contributed by atoms with E-state index in [0.29, 0.717) is 22.7 Å². The monoisotopic (exact) mass is 309 g/mol. The molecule has 6 nitrogen and oxygen atoms in total. The molecule has 116 valence electrons. The normalized spacial score (nSPS) is 9.57. The van der Waals surface area contributed by atoms with E-state index in [-0.39, 0.29) is 12.3 Å². The zero-order chi connectivity index (χ0) is 16.7. The Morgan fingerprint density at radius 3 is 2.43 bits per heavy atom. The predicted molar refractivity (Wildman–Crippen MR) is 86.2 cm³/mol. The smallest absolute Gasteiger partial charge is 0.255 e. The molecule has 2 N–H and O–H groups in total. The number of benzene rings is 2. The molecular weight excluding hydrogens is 294 g/mol. The van der Waals surface area contributed by atoms with Crippen molar-refractivity contribution in [2.24, 2.45) is 0 Å². The Kier molecular flexibility index (Phi) is 5.31. The number of carbonyl (C=O) groups is 2. The molecule has 0 aromatic heterocycles. The highest BCUT2D eigenvalue weighted by Gasteiger charge is 2.11. The number of amides is 2. The summed E-state index contributed by atoms with van der Waals surface area (Å²) in [5, 5.41) is 13.9. The third-order valence-corrected chi connectivity index (χ3v) is 3.02. The number of rotatable bonds is 5. The van der Waals surface area contributed by atoms with E-state index >= 15 is 0 Å². The first-order chi connectivity index (χ1) is 11.1. The second-order valence-corrected chi connectivity index (χ2v) is 4.61. The van der Waals surface area contributed by atoms with Gasteiger partial charge in [0.05, 0.1) is 24.6 Å². The van der Waals surface area contributed by atoms with E-state index in [2.05, 4.69) is 10.6 Å². The Morgan fingerprint density at radius 1 is 1.09 bits per heavy atom. The van der Waals surface area contributed by atoms with E-state index in [4.69, 9.17) is 10.00 Å². The van der Waals surface area contributed by atoms with Crippen LogP contribution in [0, 0.1) is 11.3 Å². The van der Waals surface area contributed by atoms with Gasteiger partial charge >= 0.3 is 0 Å². The lowest BCUT2D eigenvalue weighted by atomic mass is 10.2. The van der Waals surface area contributed by atoms with Crippen LogP contribution in [0.5, 0.6) is 5.75 Å². The van der Waals surface area contributed by atoms with E-state index in [1.165, 1.54) is 7.11 Å². The summed E-state index contributed by atoms with van der Waals surface area (Å²) in [5.74, 6) is -0.185. The minimum Gasteiger partial charge on any atom is -0.497 e. The minimum absolute atomic E-state index is 0.252. The lowest BCUT2D eigenvalue weighted by Crippen LogP contribution is -2.16. The van der Waals surface area contributed by atoms with Crippen LogP contribution in [0.3, 0.4) is 0 Å². The first kappa shape index (κ1) is 16.0. The van der Waals surface area contributed by atoms with Crippen molar-refractivity contribution < 1.29 is 14.3 Å². The van der Waals surface area contributed by atoms with Crippen LogP contribution in [0.2, 0.25) is 0 Å². The quantitative estimate of drug-likeness (QED) is 0.888. The Hall–Kier alpha value is -3.33. The molecule has 2 aromatic rings. The van der Waals surface area contributed by atoms with Crippen LogP contribution in [-0.4, -0.2) is 18.9 Å². The number of nitriles is 1. The van der Waals surface area contributed by atoms with E-state index in [1.54, 1.807) is 54.6 Å². The van der Waals surface area contributed by atoms with Gasteiger partial charge in [-0.25, -0.2) is 0 Å². The van der Waals surface area contributed by atoms with Gasteiger partial charge in [0.15, 0.2) is 0 Å². The molecule has 0 saturated heterocycles. The number of hydrogen-bond acceptors (Lipinski definition) is 4. The van der Waals surface area contributed by atoms with Crippen molar-refractivity contribution in [3.8, 4) is 11.8 Å². The van der Waals surface area contributed by atoms with Crippen LogP contribution >= 0.6 is 0 Å². The molecule has 0 saturated carbocycles. The Labute approximate surface area is 133 Å². The summed E-state index contributed by atoms with van der Waals surface area (Å²) in [5.41, 5.74) is 1.32. The van der Waals surface area contributed by atoms with Gasteiger partial charge in [0.1, 0.15) is 12.2 Å². The molecule has 0 aliphatic carbocycles. The summed E-state index contributed by atoms with van der Waals surface area (Å²) in [6.07, 6.45) is -0.252. The standard InChI is InChI=1S/C17H15N3O3/c1-23-13-6-4-5-12(11-13)17(22)20-15-8-3-2-7-14(15)19-16(21)9-10-18/h2-8,11H,9H2,1H3,(H,19,21)(H,20,22). The van der Waals surface area contributed by atoms with Crippen LogP contribution in [0.4, 0.5) is 11.4 Å². The second-order valence-electron chi connectivity index (χ2n) is 4.61. The maximum atomic E-state index is 12.3. The first-order valence-corrected chi connectivity index (χ1v) is 6.85. The van der Waals surface area contributed by atoms with Gasteiger partial charge in [0, 0.05) is 5.56 Å². The summed E-state index contributed by atoms with van der Waals surface area (Å²) in [7, 11) is 1.52. The fourth-order valence-corrected chi connectivity index (χ4v) is 1.93. The zero-order valence-electron chi connectivity index (χ0n) is 12.5. The van der Waals surface area contributed by atoms with Crippen molar-refractivity contribution in [3.05, 3.63) is 54.1 Å². The topological polar surface area (TPSA) is 91.2 Å². The predicted octanol–water partition coefficient (Wildman–Crippen LogP) is 2.80. The molecule has 0 aliphatic rings. The number of methoxy groups -OCH3 is 1. The maximum absolute atomic E-state index is 12.3. The summed E-state index contributed by atoms with van der Waals surface area (Å²) in [6.45, 7) is 0. The van der Waals surface area contributed by atoms with Gasteiger partial charge in [-0.3, -0.25) is 9.59 Å². The highest BCUT2D eigenvalue weighted by Crippen LogP contribution is 2.22. The SMILES string of the molecule is COc1cccc(C(=O)Nc2ccccc2NC(=O)CC#N)c1. The average Bonchev–Trinajstić information content (AvgIpc) is 2.57. The molecule has 2 rings (SSSR count). The third-order valence-electron chi connectivity index (χ3n) is 3.02. The largest absolute Gasteiger partial charge is 0.497 e. The van der Waals surface area contributed by atoms with Gasteiger partial charge in [-0.1, -0.05) is 18.2 Å². The van der Waals surface area contributed by atoms with Crippen LogP contribution in [-0.2, 0) is 4.79 Å². The number of hydrogen-bond donors (Lipinski definition) is 2.